The van der Waals surface area contributed by atoms with E-state index in [0.29, 0.717) is 5.92 Å². The lowest BCUT2D eigenvalue weighted by atomic mass is 9.96. The molecule has 0 fully saturated rings. The molecule has 0 saturated carbocycles. The molecule has 188 valence electrons. The molecule has 3 heteroatoms. The Morgan fingerprint density at radius 1 is 0.667 bits per heavy atom. The van der Waals surface area contributed by atoms with E-state index < -0.39 is 0 Å². The summed E-state index contributed by atoms with van der Waals surface area (Å²) in [7, 11) is 0. The van der Waals surface area contributed by atoms with Crippen LogP contribution >= 0.6 is 0 Å². The maximum Gasteiger partial charge on any atom is 0.160 e. The molecule has 0 aliphatic carbocycles. The smallest absolute Gasteiger partial charge is 0.160 e. The fourth-order valence-corrected chi connectivity index (χ4v) is 5.49. The predicted molar refractivity (Wildman–Crippen MR) is 162 cm³/mol. The Labute approximate surface area is 227 Å². The molecule has 0 aliphatic rings. The summed E-state index contributed by atoms with van der Waals surface area (Å²) in [5.41, 5.74) is 9.58. The standard InChI is InChI=1S/C36H28N2O/c1-23(2)18-31-12-13-32-33(21-30-15-17-39-36(30)35(32)38-31)34-22-29(14-16-37-34)28-11-10-26-19-25(8-9-27(26)20-28)24-6-4-3-5-7-24/h3-17,19-23H,18H2,1-2H3. The van der Waals surface area contributed by atoms with Crippen molar-refractivity contribution in [3.63, 3.8) is 0 Å². The number of fused-ring (bicyclic) bond motifs is 4. The lowest BCUT2D eigenvalue weighted by molar-refractivity contribution is 0.616. The van der Waals surface area contributed by atoms with E-state index in [1.807, 2.05) is 12.3 Å². The van der Waals surface area contributed by atoms with Crippen LogP contribution in [0.15, 0.2) is 120 Å². The average Bonchev–Trinajstić information content (AvgIpc) is 3.46. The highest BCUT2D eigenvalue weighted by Gasteiger charge is 2.15. The monoisotopic (exact) mass is 504 g/mol. The first-order valence-electron chi connectivity index (χ1n) is 13.5. The molecule has 0 amide bonds. The quantitative estimate of drug-likeness (QED) is 0.234. The molecule has 0 saturated heterocycles. The second-order valence-electron chi connectivity index (χ2n) is 10.6. The second kappa shape index (κ2) is 9.52. The van der Waals surface area contributed by atoms with Gasteiger partial charge in [-0.1, -0.05) is 74.5 Å². The molecule has 3 heterocycles. The van der Waals surface area contributed by atoms with Crippen molar-refractivity contribution in [1.82, 2.24) is 9.97 Å². The second-order valence-corrected chi connectivity index (χ2v) is 10.6. The van der Waals surface area contributed by atoms with Crippen LogP contribution in [0.4, 0.5) is 0 Å². The summed E-state index contributed by atoms with van der Waals surface area (Å²) in [4.78, 5) is 9.82. The van der Waals surface area contributed by atoms with Gasteiger partial charge in [-0.2, -0.15) is 0 Å². The molecule has 7 rings (SSSR count). The summed E-state index contributed by atoms with van der Waals surface area (Å²) < 4.78 is 5.87. The van der Waals surface area contributed by atoms with Crippen LogP contribution < -0.4 is 0 Å². The summed E-state index contributed by atoms with van der Waals surface area (Å²) in [6.07, 6.45) is 4.58. The summed E-state index contributed by atoms with van der Waals surface area (Å²) in [5, 5.41) is 4.55. The summed E-state index contributed by atoms with van der Waals surface area (Å²) in [6.45, 7) is 4.43. The van der Waals surface area contributed by atoms with Gasteiger partial charge in [-0.25, -0.2) is 4.98 Å². The van der Waals surface area contributed by atoms with Gasteiger partial charge in [0, 0.05) is 28.2 Å². The van der Waals surface area contributed by atoms with E-state index in [0.717, 1.165) is 50.8 Å². The Kier molecular flexibility index (Phi) is 5.70. The lowest BCUT2D eigenvalue weighted by Crippen LogP contribution is -1.98. The maximum absolute atomic E-state index is 5.87. The number of rotatable bonds is 5. The molecular formula is C36H28N2O. The van der Waals surface area contributed by atoms with Crippen molar-refractivity contribution in [2.45, 2.75) is 20.3 Å². The highest BCUT2D eigenvalue weighted by molar-refractivity contribution is 6.09. The summed E-state index contributed by atoms with van der Waals surface area (Å²) in [5.74, 6) is 0.537. The zero-order valence-corrected chi connectivity index (χ0v) is 22.1. The Bertz CT molecular complexity index is 1970. The first kappa shape index (κ1) is 23.4. The van der Waals surface area contributed by atoms with Crippen molar-refractivity contribution in [1.29, 1.82) is 0 Å². The highest BCUT2D eigenvalue weighted by atomic mass is 16.3. The molecule has 0 aliphatic heterocycles. The number of benzene rings is 4. The van der Waals surface area contributed by atoms with Gasteiger partial charge in [0.1, 0.15) is 5.52 Å². The lowest BCUT2D eigenvalue weighted by Gasteiger charge is -2.11. The maximum atomic E-state index is 5.87. The molecule has 0 atom stereocenters. The van der Waals surface area contributed by atoms with Crippen LogP contribution in [-0.2, 0) is 6.42 Å². The van der Waals surface area contributed by atoms with Crippen molar-refractivity contribution >= 4 is 32.6 Å². The normalized spacial score (nSPS) is 11.7. The van der Waals surface area contributed by atoms with Gasteiger partial charge in [0.05, 0.1) is 12.0 Å². The molecule has 0 N–H and O–H groups in total. The number of hydrogen-bond donors (Lipinski definition) is 0. The largest absolute Gasteiger partial charge is 0.462 e. The van der Waals surface area contributed by atoms with Gasteiger partial charge >= 0.3 is 0 Å². The van der Waals surface area contributed by atoms with E-state index in [1.165, 1.54) is 27.5 Å². The minimum atomic E-state index is 0.537. The summed E-state index contributed by atoms with van der Waals surface area (Å²) in [6, 6.07) is 36.6. The van der Waals surface area contributed by atoms with E-state index in [1.54, 1.807) is 6.26 Å². The Balaban J connectivity index is 1.31. The fraction of sp³-hybridized carbons (Fsp3) is 0.111. The Morgan fingerprint density at radius 2 is 1.41 bits per heavy atom. The van der Waals surface area contributed by atoms with Crippen molar-refractivity contribution in [3.05, 3.63) is 121 Å². The zero-order chi connectivity index (χ0) is 26.3. The third kappa shape index (κ3) is 4.36. The molecule has 3 aromatic heterocycles. The zero-order valence-electron chi connectivity index (χ0n) is 22.1. The molecule has 3 nitrogen and oxygen atoms in total. The third-order valence-electron chi connectivity index (χ3n) is 7.39. The molecular weight excluding hydrogens is 476 g/mol. The predicted octanol–water partition coefficient (Wildman–Crippen LogP) is 9.73. The van der Waals surface area contributed by atoms with Gasteiger partial charge in [-0.15, -0.1) is 0 Å². The van der Waals surface area contributed by atoms with Crippen molar-refractivity contribution in [3.8, 4) is 33.5 Å². The first-order valence-corrected chi connectivity index (χ1v) is 13.5. The molecule has 0 spiro atoms. The van der Waals surface area contributed by atoms with Crippen LogP contribution in [0.3, 0.4) is 0 Å². The minimum absolute atomic E-state index is 0.537. The van der Waals surface area contributed by atoms with Crippen LogP contribution in [0, 0.1) is 5.92 Å². The Morgan fingerprint density at radius 3 is 2.18 bits per heavy atom. The molecule has 0 unspecified atom stereocenters. The average molecular weight is 505 g/mol. The van der Waals surface area contributed by atoms with E-state index in [4.69, 9.17) is 14.4 Å². The van der Waals surface area contributed by atoms with Gasteiger partial charge in [0.25, 0.3) is 0 Å². The fourth-order valence-electron chi connectivity index (χ4n) is 5.49. The van der Waals surface area contributed by atoms with Crippen LogP contribution in [0.25, 0.3) is 66.2 Å². The minimum Gasteiger partial charge on any atom is -0.462 e. The van der Waals surface area contributed by atoms with E-state index in [2.05, 4.69) is 111 Å². The van der Waals surface area contributed by atoms with Crippen LogP contribution in [0.1, 0.15) is 19.5 Å². The van der Waals surface area contributed by atoms with Crippen molar-refractivity contribution < 1.29 is 4.42 Å². The molecule has 39 heavy (non-hydrogen) atoms. The number of pyridine rings is 2. The van der Waals surface area contributed by atoms with E-state index in [-0.39, 0.29) is 0 Å². The third-order valence-corrected chi connectivity index (χ3v) is 7.39. The molecule has 7 aromatic rings. The van der Waals surface area contributed by atoms with Crippen LogP contribution in [0.2, 0.25) is 0 Å². The SMILES string of the molecule is CC(C)Cc1ccc2c(-c3cc(-c4ccc5cc(-c6ccccc6)ccc5c4)ccn3)cc3ccoc3c2n1. The Hall–Kier alpha value is -4.76. The van der Waals surface area contributed by atoms with Gasteiger partial charge in [-0.3, -0.25) is 4.98 Å². The van der Waals surface area contributed by atoms with Crippen LogP contribution in [0.5, 0.6) is 0 Å². The molecule has 0 bridgehead atoms. The molecule has 4 aromatic carbocycles. The van der Waals surface area contributed by atoms with Gasteiger partial charge < -0.3 is 4.42 Å². The van der Waals surface area contributed by atoms with Gasteiger partial charge in [0.2, 0.25) is 0 Å². The van der Waals surface area contributed by atoms with Gasteiger partial charge in [0.15, 0.2) is 5.58 Å². The number of furan rings is 1. The summed E-state index contributed by atoms with van der Waals surface area (Å²) >= 11 is 0. The van der Waals surface area contributed by atoms with Crippen molar-refractivity contribution in [2.75, 3.05) is 0 Å². The number of aromatic nitrogens is 2. The molecule has 0 radical (unpaired) electrons. The number of hydrogen-bond acceptors (Lipinski definition) is 3. The van der Waals surface area contributed by atoms with Crippen molar-refractivity contribution in [2.24, 2.45) is 5.92 Å². The van der Waals surface area contributed by atoms with Gasteiger partial charge in [-0.05, 0) is 87.8 Å². The van der Waals surface area contributed by atoms with Crippen LogP contribution in [-0.4, -0.2) is 9.97 Å². The van der Waals surface area contributed by atoms with E-state index in [9.17, 15) is 0 Å². The van der Waals surface area contributed by atoms with E-state index >= 15 is 0 Å². The first-order chi connectivity index (χ1) is 19.1. The highest BCUT2D eigenvalue weighted by Crippen LogP contribution is 2.36. The topological polar surface area (TPSA) is 38.9 Å². The number of nitrogens with zero attached hydrogens (tertiary/aromatic N) is 2.